The van der Waals surface area contributed by atoms with Crippen molar-refractivity contribution < 1.29 is 8.85 Å². The summed E-state index contributed by atoms with van der Waals surface area (Å²) in [5, 5.41) is 0. The van der Waals surface area contributed by atoms with Crippen molar-refractivity contribution >= 4 is 17.5 Å². The fourth-order valence-corrected chi connectivity index (χ4v) is 12.7. The van der Waals surface area contributed by atoms with Crippen LogP contribution in [0, 0.1) is 0 Å². The molecule has 0 bridgehead atoms. The van der Waals surface area contributed by atoms with Gasteiger partial charge in [0, 0.05) is 14.2 Å². The predicted octanol–water partition coefficient (Wildman–Crippen LogP) is 4.00. The molecule has 0 aliphatic heterocycles. The van der Waals surface area contributed by atoms with Crippen LogP contribution in [0.25, 0.3) is 0 Å². The van der Waals surface area contributed by atoms with Gasteiger partial charge in [-0.05, 0) is 42.7 Å². The van der Waals surface area contributed by atoms with Crippen molar-refractivity contribution in [2.24, 2.45) is 0 Å². The second-order valence-corrected chi connectivity index (χ2v) is 15.2. The van der Waals surface area contributed by atoms with Gasteiger partial charge < -0.3 is 13.4 Å². The molecule has 0 atom stereocenters. The molecular weight excluding hydrogens is 282 g/mol. The summed E-state index contributed by atoms with van der Waals surface area (Å²) in [4.78, 5) is 0. The zero-order chi connectivity index (χ0) is 15.9. The lowest BCUT2D eigenvalue weighted by molar-refractivity contribution is 0.275. The predicted molar refractivity (Wildman–Crippen MR) is 94.3 cm³/mol. The van der Waals surface area contributed by atoms with Gasteiger partial charge in [-0.15, -0.1) is 0 Å². The van der Waals surface area contributed by atoms with Gasteiger partial charge in [0.25, 0.3) is 0 Å². The quantitative estimate of drug-likeness (QED) is 0.568. The maximum atomic E-state index is 5.42. The Bertz CT molecular complexity index is 234. The van der Waals surface area contributed by atoms with Crippen molar-refractivity contribution in [3.63, 3.8) is 0 Å². The van der Waals surface area contributed by atoms with Gasteiger partial charge in [0.15, 0.2) is 0 Å². The molecule has 122 valence electrons. The second kappa shape index (κ2) is 9.36. The van der Waals surface area contributed by atoms with Crippen LogP contribution in [0.5, 0.6) is 0 Å². The second-order valence-electron chi connectivity index (χ2n) is 6.82. The standard InChI is InChI=1S/C15H37NO2Si2/c1-13(2)20(14(3)4,15(5)6)16(7)11-10-12-19(17-8)18-9/h13-15,19H,10-12H2,1-9H3. The average molecular weight is 320 g/mol. The van der Waals surface area contributed by atoms with Crippen LogP contribution in [0.15, 0.2) is 0 Å². The van der Waals surface area contributed by atoms with Gasteiger partial charge in [0.2, 0.25) is 0 Å². The molecule has 0 aliphatic rings. The van der Waals surface area contributed by atoms with Gasteiger partial charge in [0.1, 0.15) is 8.24 Å². The van der Waals surface area contributed by atoms with Crippen LogP contribution in [-0.2, 0) is 8.85 Å². The molecule has 0 aromatic rings. The first-order valence-electron chi connectivity index (χ1n) is 8.01. The molecule has 0 aromatic heterocycles. The molecular formula is C15H37NO2Si2. The number of nitrogens with zero attached hydrogens (tertiary/aromatic N) is 1. The first kappa shape index (κ1) is 20.3. The largest absolute Gasteiger partial charge is 0.400 e. The molecule has 20 heavy (non-hydrogen) atoms. The Balaban J connectivity index is 4.77. The lowest BCUT2D eigenvalue weighted by Gasteiger charge is -2.49. The third kappa shape index (κ3) is 4.66. The molecule has 5 heteroatoms. The third-order valence-electron chi connectivity index (χ3n) is 4.89. The van der Waals surface area contributed by atoms with Crippen LogP contribution < -0.4 is 0 Å². The summed E-state index contributed by atoms with van der Waals surface area (Å²) < 4.78 is 13.6. The average Bonchev–Trinajstić information content (AvgIpc) is 2.33. The van der Waals surface area contributed by atoms with Crippen LogP contribution in [0.1, 0.15) is 48.0 Å². The molecule has 0 radical (unpaired) electrons. The highest BCUT2D eigenvalue weighted by atomic mass is 28.3. The van der Waals surface area contributed by atoms with Crippen LogP contribution in [-0.4, -0.2) is 49.9 Å². The van der Waals surface area contributed by atoms with Crippen LogP contribution in [0.3, 0.4) is 0 Å². The Morgan fingerprint density at radius 1 is 0.900 bits per heavy atom. The van der Waals surface area contributed by atoms with Crippen LogP contribution >= 0.6 is 0 Å². The van der Waals surface area contributed by atoms with Gasteiger partial charge in [-0.2, -0.15) is 0 Å². The molecule has 0 unspecified atom stereocenters. The van der Waals surface area contributed by atoms with Crippen LogP contribution in [0.4, 0.5) is 0 Å². The normalized spacial score (nSPS) is 13.5. The fourth-order valence-electron chi connectivity index (χ4n) is 4.34. The zero-order valence-electron chi connectivity index (χ0n) is 15.2. The van der Waals surface area contributed by atoms with E-state index in [1.807, 2.05) is 0 Å². The molecule has 0 fully saturated rings. The highest BCUT2D eigenvalue weighted by molar-refractivity contribution is 6.80. The summed E-state index contributed by atoms with van der Waals surface area (Å²) in [7, 11) is 3.06. The first-order valence-corrected chi connectivity index (χ1v) is 12.0. The lowest BCUT2D eigenvalue weighted by atomic mass is 10.5. The molecule has 0 aromatic carbocycles. The molecule has 0 spiro atoms. The van der Waals surface area contributed by atoms with E-state index in [0.29, 0.717) is 0 Å². The van der Waals surface area contributed by atoms with Gasteiger partial charge in [-0.3, -0.25) is 0 Å². The minimum atomic E-state index is -1.46. The Morgan fingerprint density at radius 3 is 1.60 bits per heavy atom. The summed E-state index contributed by atoms with van der Waals surface area (Å²) in [6, 6.07) is 1.11. The van der Waals surface area contributed by atoms with Crippen LogP contribution in [0.2, 0.25) is 22.7 Å². The Labute approximate surface area is 130 Å². The van der Waals surface area contributed by atoms with E-state index in [-0.39, 0.29) is 0 Å². The fraction of sp³-hybridized carbons (Fsp3) is 1.00. The van der Waals surface area contributed by atoms with Crippen molar-refractivity contribution in [3.05, 3.63) is 0 Å². The highest BCUT2D eigenvalue weighted by Crippen LogP contribution is 2.43. The molecule has 0 N–H and O–H groups in total. The Morgan fingerprint density at radius 2 is 1.30 bits per heavy atom. The SMILES string of the molecule is CO[SiH](CCCN(C)[Si](C(C)C)(C(C)C)C(C)C)OC. The van der Waals surface area contributed by atoms with Gasteiger partial charge in [-0.1, -0.05) is 41.5 Å². The van der Waals surface area contributed by atoms with Gasteiger partial charge >= 0.3 is 9.28 Å². The lowest BCUT2D eigenvalue weighted by Crippen LogP contribution is -2.58. The molecule has 0 saturated carbocycles. The van der Waals surface area contributed by atoms with E-state index >= 15 is 0 Å². The van der Waals surface area contributed by atoms with Crippen molar-refractivity contribution in [1.82, 2.24) is 4.57 Å². The third-order valence-corrected chi connectivity index (χ3v) is 13.9. The van der Waals surface area contributed by atoms with E-state index < -0.39 is 17.5 Å². The van der Waals surface area contributed by atoms with Crippen molar-refractivity contribution in [2.75, 3.05) is 27.8 Å². The van der Waals surface area contributed by atoms with Crippen molar-refractivity contribution in [1.29, 1.82) is 0 Å². The smallest absolute Gasteiger partial charge is 0.320 e. The summed E-state index contributed by atoms with van der Waals surface area (Å²) >= 11 is 0. The molecule has 3 nitrogen and oxygen atoms in total. The number of hydrogen-bond acceptors (Lipinski definition) is 3. The molecule has 0 amide bonds. The summed E-state index contributed by atoms with van der Waals surface area (Å²) in [6.45, 7) is 15.7. The Hall–Kier alpha value is 0.314. The maximum Gasteiger partial charge on any atom is 0.320 e. The molecule has 0 saturated heterocycles. The topological polar surface area (TPSA) is 21.7 Å². The summed E-state index contributed by atoms with van der Waals surface area (Å²) in [5.74, 6) is 0. The molecule has 0 rings (SSSR count). The van der Waals surface area contributed by atoms with E-state index in [1.165, 1.54) is 13.0 Å². The summed E-state index contributed by atoms with van der Waals surface area (Å²) in [5.41, 5.74) is 2.35. The minimum absolute atomic E-state index is 0.783. The maximum absolute atomic E-state index is 5.42. The van der Waals surface area contributed by atoms with E-state index in [4.69, 9.17) is 8.85 Å². The number of rotatable bonds is 10. The van der Waals surface area contributed by atoms with Crippen molar-refractivity contribution in [3.8, 4) is 0 Å². The van der Waals surface area contributed by atoms with E-state index in [1.54, 1.807) is 14.2 Å². The highest BCUT2D eigenvalue weighted by Gasteiger charge is 2.46. The van der Waals surface area contributed by atoms with Gasteiger partial charge in [0.05, 0.1) is 0 Å². The molecule has 0 heterocycles. The van der Waals surface area contributed by atoms with E-state index in [2.05, 4.69) is 53.2 Å². The van der Waals surface area contributed by atoms with E-state index in [9.17, 15) is 0 Å². The Kier molecular flexibility index (Phi) is 9.50. The van der Waals surface area contributed by atoms with Gasteiger partial charge in [-0.25, -0.2) is 0 Å². The monoisotopic (exact) mass is 319 g/mol. The first-order chi connectivity index (χ1) is 9.24. The number of hydrogen-bond donors (Lipinski definition) is 0. The minimum Gasteiger partial charge on any atom is -0.400 e. The zero-order valence-corrected chi connectivity index (χ0v) is 17.3. The van der Waals surface area contributed by atoms with Crippen molar-refractivity contribution in [2.45, 2.75) is 70.6 Å². The summed E-state index contributed by atoms with van der Waals surface area (Å²) in [6.07, 6.45) is 1.19. The van der Waals surface area contributed by atoms with E-state index in [0.717, 1.165) is 22.7 Å². The molecule has 0 aliphatic carbocycles.